The molecule has 2 aromatic carbocycles. The Morgan fingerprint density at radius 1 is 1.21 bits per heavy atom. The second-order valence-corrected chi connectivity index (χ2v) is 5.34. The number of methoxy groups -OCH3 is 1. The van der Waals surface area contributed by atoms with Gasteiger partial charge in [-0.15, -0.1) is 0 Å². The molecule has 2 N–H and O–H groups in total. The number of rotatable bonds is 3. The van der Waals surface area contributed by atoms with Crippen LogP contribution in [0.25, 0.3) is 0 Å². The Bertz CT molecular complexity index is 580. The summed E-state index contributed by atoms with van der Waals surface area (Å²) in [5, 5.41) is 0. The van der Waals surface area contributed by atoms with Gasteiger partial charge in [0.2, 0.25) is 0 Å². The van der Waals surface area contributed by atoms with Crippen LogP contribution in [0, 0.1) is 12.7 Å². The number of halogens is 2. The lowest BCUT2D eigenvalue weighted by molar-refractivity contribution is 0.407. The summed E-state index contributed by atoms with van der Waals surface area (Å²) < 4.78 is 19.7. The zero-order valence-electron chi connectivity index (χ0n) is 10.8. The molecule has 0 heterocycles. The van der Waals surface area contributed by atoms with Crippen LogP contribution >= 0.6 is 15.9 Å². The Kier molecular flexibility index (Phi) is 4.22. The number of nitrogens with two attached hydrogens (primary N) is 1. The second kappa shape index (κ2) is 5.72. The number of aryl methyl sites for hydroxylation is 1. The minimum atomic E-state index is -0.429. The summed E-state index contributed by atoms with van der Waals surface area (Å²) in [6.45, 7) is 1.84. The van der Waals surface area contributed by atoms with E-state index in [0.29, 0.717) is 5.75 Å². The van der Waals surface area contributed by atoms with Gasteiger partial charge in [0.15, 0.2) is 0 Å². The van der Waals surface area contributed by atoms with Crippen molar-refractivity contribution in [1.29, 1.82) is 0 Å². The van der Waals surface area contributed by atoms with Crippen LogP contribution in [0.4, 0.5) is 4.39 Å². The molecule has 100 valence electrons. The van der Waals surface area contributed by atoms with Crippen LogP contribution in [0.2, 0.25) is 0 Å². The molecule has 19 heavy (non-hydrogen) atoms. The predicted octanol–water partition coefficient (Wildman–Crippen LogP) is 3.95. The Balaban J connectivity index is 2.48. The van der Waals surface area contributed by atoms with Gasteiger partial charge in [0.05, 0.1) is 13.2 Å². The fraction of sp³-hybridized carbons (Fsp3) is 0.200. The highest BCUT2D eigenvalue weighted by Crippen LogP contribution is 2.31. The zero-order valence-corrected chi connectivity index (χ0v) is 12.4. The van der Waals surface area contributed by atoms with E-state index in [0.717, 1.165) is 21.2 Å². The van der Waals surface area contributed by atoms with Gasteiger partial charge in [-0.3, -0.25) is 0 Å². The van der Waals surface area contributed by atoms with Crippen LogP contribution in [0.1, 0.15) is 22.7 Å². The van der Waals surface area contributed by atoms with Crippen molar-refractivity contribution in [3.8, 4) is 5.75 Å². The van der Waals surface area contributed by atoms with Crippen LogP contribution in [-0.4, -0.2) is 7.11 Å². The van der Waals surface area contributed by atoms with E-state index in [9.17, 15) is 4.39 Å². The van der Waals surface area contributed by atoms with Crippen molar-refractivity contribution in [3.05, 3.63) is 63.4 Å². The van der Waals surface area contributed by atoms with Gasteiger partial charge in [-0.05, 0) is 48.4 Å². The first-order chi connectivity index (χ1) is 9.01. The van der Waals surface area contributed by atoms with E-state index in [4.69, 9.17) is 10.5 Å². The van der Waals surface area contributed by atoms with E-state index in [1.54, 1.807) is 7.11 Å². The van der Waals surface area contributed by atoms with Crippen LogP contribution in [0.15, 0.2) is 40.9 Å². The lowest BCUT2D eigenvalue weighted by Gasteiger charge is -2.17. The van der Waals surface area contributed by atoms with Crippen molar-refractivity contribution in [2.75, 3.05) is 7.11 Å². The van der Waals surface area contributed by atoms with Crippen LogP contribution < -0.4 is 10.5 Å². The third kappa shape index (κ3) is 3.14. The number of benzene rings is 2. The average Bonchev–Trinajstić information content (AvgIpc) is 2.36. The van der Waals surface area contributed by atoms with Crippen molar-refractivity contribution in [2.45, 2.75) is 13.0 Å². The molecule has 0 aromatic heterocycles. The van der Waals surface area contributed by atoms with Gasteiger partial charge < -0.3 is 10.5 Å². The molecular formula is C15H15BrFNO. The molecule has 2 nitrogen and oxygen atoms in total. The van der Waals surface area contributed by atoms with Crippen LogP contribution in [-0.2, 0) is 0 Å². The topological polar surface area (TPSA) is 35.2 Å². The second-order valence-electron chi connectivity index (χ2n) is 4.43. The van der Waals surface area contributed by atoms with E-state index >= 15 is 0 Å². The summed E-state index contributed by atoms with van der Waals surface area (Å²) in [6, 6.07) is 10.0. The standard InChI is InChI=1S/C15H15BrFNO/c1-9-5-10(7-12(17)6-9)15(18)13-8-11(16)3-4-14(13)19-2/h3-8,15H,18H2,1-2H3. The first-order valence-electron chi connectivity index (χ1n) is 5.87. The third-order valence-electron chi connectivity index (χ3n) is 2.95. The molecule has 0 aliphatic rings. The molecule has 1 unspecified atom stereocenters. The minimum Gasteiger partial charge on any atom is -0.496 e. The normalized spacial score (nSPS) is 12.3. The van der Waals surface area contributed by atoms with Gasteiger partial charge in [-0.1, -0.05) is 22.0 Å². The minimum absolute atomic E-state index is 0.278. The molecule has 0 bridgehead atoms. The molecular weight excluding hydrogens is 309 g/mol. The summed E-state index contributed by atoms with van der Waals surface area (Å²) in [4.78, 5) is 0. The first-order valence-corrected chi connectivity index (χ1v) is 6.66. The van der Waals surface area contributed by atoms with Gasteiger partial charge >= 0.3 is 0 Å². The maximum Gasteiger partial charge on any atom is 0.124 e. The smallest absolute Gasteiger partial charge is 0.124 e. The van der Waals surface area contributed by atoms with Crippen molar-refractivity contribution in [3.63, 3.8) is 0 Å². The summed E-state index contributed by atoms with van der Waals surface area (Å²) in [5.74, 6) is 0.414. The third-order valence-corrected chi connectivity index (χ3v) is 3.44. The van der Waals surface area contributed by atoms with E-state index in [2.05, 4.69) is 15.9 Å². The lowest BCUT2D eigenvalue weighted by atomic mass is 9.97. The van der Waals surface area contributed by atoms with Crippen LogP contribution in [0.5, 0.6) is 5.75 Å². The number of hydrogen-bond acceptors (Lipinski definition) is 2. The maximum atomic E-state index is 13.5. The van der Waals surface area contributed by atoms with E-state index in [-0.39, 0.29) is 5.82 Å². The Morgan fingerprint density at radius 2 is 1.95 bits per heavy atom. The molecule has 0 saturated heterocycles. The van der Waals surface area contributed by atoms with Gasteiger partial charge in [0.25, 0.3) is 0 Å². The zero-order chi connectivity index (χ0) is 14.0. The SMILES string of the molecule is COc1ccc(Br)cc1C(N)c1cc(C)cc(F)c1. The predicted molar refractivity (Wildman–Crippen MR) is 77.9 cm³/mol. The highest BCUT2D eigenvalue weighted by molar-refractivity contribution is 9.10. The van der Waals surface area contributed by atoms with Crippen molar-refractivity contribution in [1.82, 2.24) is 0 Å². The average molecular weight is 324 g/mol. The molecule has 0 fully saturated rings. The summed E-state index contributed by atoms with van der Waals surface area (Å²) in [7, 11) is 1.59. The molecule has 0 radical (unpaired) electrons. The van der Waals surface area contributed by atoms with Crippen molar-refractivity contribution in [2.24, 2.45) is 5.73 Å². The molecule has 2 aromatic rings. The van der Waals surface area contributed by atoms with E-state index in [1.165, 1.54) is 12.1 Å². The molecule has 0 saturated carbocycles. The first kappa shape index (κ1) is 14.0. The quantitative estimate of drug-likeness (QED) is 0.928. The molecule has 0 aliphatic carbocycles. The fourth-order valence-electron chi connectivity index (χ4n) is 2.07. The summed E-state index contributed by atoms with van der Waals surface area (Å²) >= 11 is 3.41. The molecule has 1 atom stereocenters. The van der Waals surface area contributed by atoms with Crippen molar-refractivity contribution >= 4 is 15.9 Å². The molecule has 4 heteroatoms. The number of hydrogen-bond donors (Lipinski definition) is 1. The molecule has 0 amide bonds. The van der Waals surface area contributed by atoms with Gasteiger partial charge in [0.1, 0.15) is 11.6 Å². The van der Waals surface area contributed by atoms with Gasteiger partial charge in [-0.25, -0.2) is 4.39 Å². The Hall–Kier alpha value is -1.39. The number of ether oxygens (including phenoxy) is 1. The molecule has 0 spiro atoms. The largest absolute Gasteiger partial charge is 0.496 e. The molecule has 0 aliphatic heterocycles. The fourth-order valence-corrected chi connectivity index (χ4v) is 2.45. The van der Waals surface area contributed by atoms with E-state index < -0.39 is 6.04 Å². The summed E-state index contributed by atoms with van der Waals surface area (Å²) in [6.07, 6.45) is 0. The highest BCUT2D eigenvalue weighted by atomic mass is 79.9. The Morgan fingerprint density at radius 3 is 2.58 bits per heavy atom. The monoisotopic (exact) mass is 323 g/mol. The Labute approximate surface area is 120 Å². The summed E-state index contributed by atoms with van der Waals surface area (Å²) in [5.41, 5.74) is 8.63. The van der Waals surface area contributed by atoms with Gasteiger partial charge in [-0.2, -0.15) is 0 Å². The van der Waals surface area contributed by atoms with Gasteiger partial charge in [0, 0.05) is 10.0 Å². The van der Waals surface area contributed by atoms with Crippen LogP contribution in [0.3, 0.4) is 0 Å². The highest BCUT2D eigenvalue weighted by Gasteiger charge is 2.15. The van der Waals surface area contributed by atoms with E-state index in [1.807, 2.05) is 31.2 Å². The van der Waals surface area contributed by atoms with Crippen molar-refractivity contribution < 1.29 is 9.13 Å². The lowest BCUT2D eigenvalue weighted by Crippen LogP contribution is -2.13. The maximum absolute atomic E-state index is 13.5. The molecule has 2 rings (SSSR count).